The fourth-order valence-corrected chi connectivity index (χ4v) is 3.05. The Morgan fingerprint density at radius 2 is 2.17 bits per heavy atom. The number of hydrogen-bond acceptors (Lipinski definition) is 2. The van der Waals surface area contributed by atoms with Gasteiger partial charge in [-0.05, 0) is 31.0 Å². The molecule has 0 spiro atoms. The van der Waals surface area contributed by atoms with Gasteiger partial charge >= 0.3 is 12.2 Å². The Bertz CT molecular complexity index is 676. The summed E-state index contributed by atoms with van der Waals surface area (Å²) >= 11 is 5.92. The standard InChI is InChI=1S/C16H16ClF3N2O2/c1-2-7-24-15(16(18,19)20)9-22(11-4-5-11)14(23)21-13-6-3-10(17)8-12(13)15/h2-3,6,8,11H,1,4-5,7,9H2,(H,21,23)/t15-/m0/s1. The Labute approximate surface area is 142 Å². The quantitative estimate of drug-likeness (QED) is 0.813. The van der Waals surface area contributed by atoms with Gasteiger partial charge in [0.05, 0.1) is 13.2 Å². The van der Waals surface area contributed by atoms with E-state index >= 15 is 0 Å². The first-order valence-corrected chi connectivity index (χ1v) is 7.85. The monoisotopic (exact) mass is 360 g/mol. The third-order valence-electron chi connectivity index (χ3n) is 4.21. The summed E-state index contributed by atoms with van der Waals surface area (Å²) in [6, 6.07) is 3.23. The van der Waals surface area contributed by atoms with Crippen LogP contribution in [0.15, 0.2) is 30.9 Å². The number of rotatable bonds is 4. The van der Waals surface area contributed by atoms with Gasteiger partial charge in [0.1, 0.15) is 0 Å². The summed E-state index contributed by atoms with van der Waals surface area (Å²) in [5, 5.41) is 2.68. The van der Waals surface area contributed by atoms with E-state index in [9.17, 15) is 18.0 Å². The number of alkyl halides is 3. The predicted octanol–water partition coefficient (Wildman–Crippen LogP) is 4.31. The van der Waals surface area contributed by atoms with Crippen molar-refractivity contribution in [2.24, 2.45) is 0 Å². The number of fused-ring (bicyclic) bond motifs is 1. The molecule has 2 amide bonds. The fraction of sp³-hybridized carbons (Fsp3) is 0.438. The van der Waals surface area contributed by atoms with Crippen LogP contribution >= 0.6 is 11.6 Å². The van der Waals surface area contributed by atoms with Crippen LogP contribution in [0.5, 0.6) is 0 Å². The summed E-state index contributed by atoms with van der Waals surface area (Å²) in [5.74, 6) is 0. The van der Waals surface area contributed by atoms with Crippen LogP contribution < -0.4 is 5.32 Å². The number of nitrogens with zero attached hydrogens (tertiary/aromatic N) is 1. The highest BCUT2D eigenvalue weighted by molar-refractivity contribution is 6.30. The Morgan fingerprint density at radius 3 is 2.75 bits per heavy atom. The van der Waals surface area contributed by atoms with E-state index in [1.807, 2.05) is 0 Å². The maximum absolute atomic E-state index is 14.1. The molecule has 8 heteroatoms. The molecule has 1 aromatic rings. The van der Waals surface area contributed by atoms with Crippen LogP contribution in [-0.2, 0) is 10.3 Å². The number of amides is 2. The van der Waals surface area contributed by atoms with Crippen LogP contribution in [0.4, 0.5) is 23.7 Å². The molecule has 2 aliphatic rings. The molecule has 0 saturated heterocycles. The summed E-state index contributed by atoms with van der Waals surface area (Å²) in [6.07, 6.45) is -2.13. The van der Waals surface area contributed by atoms with E-state index in [1.54, 1.807) is 0 Å². The number of carbonyl (C=O) groups is 1. The van der Waals surface area contributed by atoms with Crippen molar-refractivity contribution in [1.29, 1.82) is 0 Å². The van der Waals surface area contributed by atoms with Gasteiger partial charge in [0.15, 0.2) is 0 Å². The second kappa shape index (κ2) is 5.97. The third-order valence-corrected chi connectivity index (χ3v) is 4.44. The van der Waals surface area contributed by atoms with Gasteiger partial charge in [-0.3, -0.25) is 0 Å². The molecule has 1 aliphatic heterocycles. The Balaban J connectivity index is 2.19. The third kappa shape index (κ3) is 2.86. The Morgan fingerprint density at radius 1 is 1.46 bits per heavy atom. The minimum Gasteiger partial charge on any atom is -0.355 e. The van der Waals surface area contributed by atoms with Gasteiger partial charge in [-0.15, -0.1) is 6.58 Å². The molecule has 1 saturated carbocycles. The van der Waals surface area contributed by atoms with Crippen LogP contribution in [0.1, 0.15) is 18.4 Å². The van der Waals surface area contributed by atoms with Crippen molar-refractivity contribution in [1.82, 2.24) is 4.90 Å². The number of nitrogens with one attached hydrogen (secondary N) is 1. The number of ether oxygens (including phenoxy) is 1. The maximum Gasteiger partial charge on any atom is 0.423 e. The molecule has 3 rings (SSSR count). The van der Waals surface area contributed by atoms with Crippen molar-refractivity contribution in [3.05, 3.63) is 41.4 Å². The van der Waals surface area contributed by atoms with Crippen molar-refractivity contribution in [3.63, 3.8) is 0 Å². The van der Waals surface area contributed by atoms with E-state index in [0.717, 1.165) is 0 Å². The highest BCUT2D eigenvalue weighted by Crippen LogP contribution is 2.49. The zero-order valence-electron chi connectivity index (χ0n) is 12.7. The smallest absolute Gasteiger partial charge is 0.355 e. The fourth-order valence-electron chi connectivity index (χ4n) is 2.87. The van der Waals surface area contributed by atoms with Crippen LogP contribution in [-0.4, -0.2) is 36.3 Å². The van der Waals surface area contributed by atoms with Crippen molar-refractivity contribution < 1.29 is 22.7 Å². The van der Waals surface area contributed by atoms with Crippen LogP contribution in [0.3, 0.4) is 0 Å². The molecule has 24 heavy (non-hydrogen) atoms. The van der Waals surface area contributed by atoms with E-state index in [4.69, 9.17) is 16.3 Å². The SMILES string of the molecule is C=CCO[C@@]1(C(F)(F)F)CN(C2CC2)C(=O)Nc2ccc(Cl)cc21. The van der Waals surface area contributed by atoms with Gasteiger partial charge in [0.2, 0.25) is 5.60 Å². The van der Waals surface area contributed by atoms with Crippen LogP contribution in [0.25, 0.3) is 0 Å². The lowest BCUT2D eigenvalue weighted by atomic mass is 9.90. The topological polar surface area (TPSA) is 41.6 Å². The predicted molar refractivity (Wildman–Crippen MR) is 84.1 cm³/mol. The second-order valence-electron chi connectivity index (χ2n) is 5.90. The molecule has 0 unspecified atom stereocenters. The number of halogens is 4. The molecule has 1 atom stereocenters. The molecule has 1 heterocycles. The molecule has 1 fully saturated rings. The van der Waals surface area contributed by atoms with E-state index < -0.39 is 24.4 Å². The first kappa shape index (κ1) is 17.1. The number of benzene rings is 1. The number of anilines is 1. The average molecular weight is 361 g/mol. The first-order valence-electron chi connectivity index (χ1n) is 7.48. The van der Waals surface area contributed by atoms with Crippen LogP contribution in [0.2, 0.25) is 5.02 Å². The van der Waals surface area contributed by atoms with E-state index in [2.05, 4.69) is 11.9 Å². The first-order chi connectivity index (χ1) is 11.3. The van der Waals surface area contributed by atoms with Gasteiger partial charge in [-0.2, -0.15) is 13.2 Å². The minimum absolute atomic E-state index is 0.0499. The van der Waals surface area contributed by atoms with Crippen molar-refractivity contribution in [2.75, 3.05) is 18.5 Å². The Kier molecular flexibility index (Phi) is 4.25. The summed E-state index contributed by atoms with van der Waals surface area (Å²) in [7, 11) is 0. The number of urea groups is 1. The highest BCUT2D eigenvalue weighted by Gasteiger charge is 2.61. The van der Waals surface area contributed by atoms with E-state index in [-0.39, 0.29) is 28.9 Å². The zero-order chi connectivity index (χ0) is 17.5. The summed E-state index contributed by atoms with van der Waals surface area (Å²) in [4.78, 5) is 13.6. The molecule has 4 nitrogen and oxygen atoms in total. The lowest BCUT2D eigenvalue weighted by Crippen LogP contribution is -2.53. The molecule has 0 radical (unpaired) electrons. The summed E-state index contributed by atoms with van der Waals surface area (Å²) in [5.41, 5.74) is -2.81. The number of hydrogen-bond donors (Lipinski definition) is 1. The van der Waals surface area contributed by atoms with Crippen molar-refractivity contribution in [2.45, 2.75) is 30.7 Å². The molecule has 0 bridgehead atoms. The molecule has 1 aromatic carbocycles. The Hall–Kier alpha value is -1.73. The van der Waals surface area contributed by atoms with Crippen molar-refractivity contribution >= 4 is 23.3 Å². The normalized spacial score (nSPS) is 24.2. The number of carbonyl (C=O) groups excluding carboxylic acids is 1. The maximum atomic E-state index is 14.1. The second-order valence-corrected chi connectivity index (χ2v) is 6.34. The average Bonchev–Trinajstić information content (AvgIpc) is 3.32. The molecule has 1 N–H and O–H groups in total. The van der Waals surface area contributed by atoms with E-state index in [1.165, 1.54) is 29.2 Å². The lowest BCUT2D eigenvalue weighted by molar-refractivity contribution is -0.284. The van der Waals surface area contributed by atoms with Gasteiger partial charge in [-0.1, -0.05) is 17.7 Å². The van der Waals surface area contributed by atoms with Gasteiger partial charge in [-0.25, -0.2) is 4.79 Å². The summed E-state index contributed by atoms with van der Waals surface area (Å²) in [6.45, 7) is 2.50. The van der Waals surface area contributed by atoms with Crippen molar-refractivity contribution in [3.8, 4) is 0 Å². The van der Waals surface area contributed by atoms with Gasteiger partial charge in [0.25, 0.3) is 0 Å². The van der Waals surface area contributed by atoms with E-state index in [0.29, 0.717) is 12.8 Å². The zero-order valence-corrected chi connectivity index (χ0v) is 13.5. The minimum atomic E-state index is -4.74. The molecule has 130 valence electrons. The summed E-state index contributed by atoms with van der Waals surface area (Å²) < 4.78 is 47.6. The molecule has 1 aliphatic carbocycles. The highest BCUT2D eigenvalue weighted by atomic mass is 35.5. The van der Waals surface area contributed by atoms with Gasteiger partial charge < -0.3 is 15.0 Å². The van der Waals surface area contributed by atoms with Gasteiger partial charge in [0, 0.05) is 22.3 Å². The molecular weight excluding hydrogens is 345 g/mol. The lowest BCUT2D eigenvalue weighted by Gasteiger charge is -2.38. The largest absolute Gasteiger partial charge is 0.423 e. The van der Waals surface area contributed by atoms with Crippen LogP contribution in [0, 0.1) is 0 Å². The molecular formula is C16H16ClF3N2O2. The molecule has 0 aromatic heterocycles.